The number of aliphatic imine (C=N–C) groups is 3. The minimum atomic E-state index is -0.705. The number of halogens is 8. The van der Waals surface area contributed by atoms with Crippen molar-refractivity contribution in [1.82, 2.24) is 19.9 Å². The van der Waals surface area contributed by atoms with Gasteiger partial charge in [0.2, 0.25) is 28.8 Å². The Bertz CT molecular complexity index is 3770. The van der Waals surface area contributed by atoms with Crippen LogP contribution in [0.1, 0.15) is 33.4 Å². The van der Waals surface area contributed by atoms with E-state index in [2.05, 4.69) is 192 Å². The summed E-state index contributed by atoms with van der Waals surface area (Å²) < 4.78 is 48.3. The molecule has 6 aliphatic rings. The highest BCUT2D eigenvalue weighted by atomic mass is 127. The Kier molecular flexibility index (Phi) is 17.0. The molecule has 0 radical (unpaired) electrons. The summed E-state index contributed by atoms with van der Waals surface area (Å²) in [5, 5.41) is 1.08. The molecule has 4 aromatic carbocycles. The minimum absolute atomic E-state index is 0.0476. The van der Waals surface area contributed by atoms with Crippen molar-refractivity contribution in [2.75, 3.05) is 39.6 Å². The topological polar surface area (TPSA) is 252 Å². The first-order valence-electron chi connectivity index (χ1n) is 24.8. The van der Waals surface area contributed by atoms with E-state index in [1.54, 1.807) is 36.9 Å². The van der Waals surface area contributed by atoms with Crippen molar-refractivity contribution in [2.24, 2.45) is 32.2 Å². The molecule has 3 spiro atoms. The van der Waals surface area contributed by atoms with E-state index in [4.69, 9.17) is 65.0 Å². The van der Waals surface area contributed by atoms with Crippen molar-refractivity contribution in [3.8, 4) is 34.9 Å². The Morgan fingerprint density at radius 2 is 0.771 bits per heavy atom. The normalized spacial score (nSPS) is 20.2. The molecule has 0 bridgehead atoms. The molecule has 420 valence electrons. The summed E-state index contributed by atoms with van der Waals surface area (Å²) in [6.45, 7) is 2.27. The fourth-order valence-electron chi connectivity index (χ4n) is 10.3. The molecular weight excluding hydrogens is 1780 g/mol. The lowest BCUT2D eigenvalue weighted by atomic mass is 9.82. The van der Waals surface area contributed by atoms with Gasteiger partial charge >= 0.3 is 0 Å². The number of rotatable bonds is 0. The summed E-state index contributed by atoms with van der Waals surface area (Å²) in [5.74, 6) is 5.27. The molecule has 0 aliphatic carbocycles. The molecule has 6 aliphatic heterocycles. The van der Waals surface area contributed by atoms with Gasteiger partial charge in [-0.1, -0.05) is 0 Å². The molecule has 0 saturated carbocycles. The van der Waals surface area contributed by atoms with Gasteiger partial charge in [-0.25, -0.2) is 19.9 Å². The van der Waals surface area contributed by atoms with Gasteiger partial charge in [-0.05, 0) is 251 Å². The molecule has 3 atom stereocenters. The number of hydrogen-bond acceptors (Lipinski definition) is 18. The third-order valence-electron chi connectivity index (χ3n) is 13.7. The van der Waals surface area contributed by atoms with Gasteiger partial charge in [-0.2, -0.15) is 0 Å². The van der Waals surface area contributed by atoms with Crippen molar-refractivity contribution >= 4 is 194 Å². The number of aromatic nitrogens is 4. The summed E-state index contributed by atoms with van der Waals surface area (Å²) in [7, 11) is 0. The van der Waals surface area contributed by atoms with Crippen LogP contribution in [-0.2, 0) is 30.8 Å². The fraction of sp³-hybridized carbons (Fsp3) is 0.158. The molecule has 9 aromatic rings. The van der Waals surface area contributed by atoms with Crippen molar-refractivity contribution < 1.29 is 32.8 Å². The summed E-state index contributed by atoms with van der Waals surface area (Å²) in [6.07, 6.45) is 6.74. The molecule has 15 rings (SSSR count). The van der Waals surface area contributed by atoms with Gasteiger partial charge in [0.25, 0.3) is 0 Å². The van der Waals surface area contributed by atoms with E-state index in [0.29, 0.717) is 96.9 Å². The molecule has 6 N–H and O–H groups in total. The number of amidine groups is 3. The van der Waals surface area contributed by atoms with Gasteiger partial charge in [0, 0.05) is 73.6 Å². The number of fused-ring (bicyclic) bond motifs is 14. The van der Waals surface area contributed by atoms with Gasteiger partial charge in [0.05, 0.1) is 47.3 Å². The maximum Gasteiger partial charge on any atom is 0.230 e. The molecule has 5 aromatic heterocycles. The van der Waals surface area contributed by atoms with Gasteiger partial charge < -0.3 is 50.0 Å². The zero-order valence-electron chi connectivity index (χ0n) is 42.4. The molecule has 11 heterocycles. The van der Waals surface area contributed by atoms with E-state index in [-0.39, 0.29) is 5.43 Å². The molecular formula is C57H38Br4I4N10O8. The first-order chi connectivity index (χ1) is 39.9. The highest BCUT2D eigenvalue weighted by Crippen LogP contribution is 2.53. The predicted molar refractivity (Wildman–Crippen MR) is 361 cm³/mol. The molecule has 0 amide bonds. The van der Waals surface area contributed by atoms with Crippen molar-refractivity contribution in [3.63, 3.8) is 0 Å². The number of pyridine rings is 4. The molecule has 83 heavy (non-hydrogen) atoms. The van der Waals surface area contributed by atoms with Crippen LogP contribution in [0.5, 0.6) is 34.9 Å². The van der Waals surface area contributed by atoms with E-state index in [9.17, 15) is 4.79 Å². The average molecular weight is 1820 g/mol. The van der Waals surface area contributed by atoms with Crippen LogP contribution < -0.4 is 36.8 Å². The van der Waals surface area contributed by atoms with Gasteiger partial charge in [0.1, 0.15) is 76.8 Å². The lowest BCUT2D eigenvalue weighted by molar-refractivity contribution is 0.109. The van der Waals surface area contributed by atoms with Crippen LogP contribution in [0.15, 0.2) is 164 Å². The zero-order chi connectivity index (χ0) is 58.0. The number of benzene rings is 4. The van der Waals surface area contributed by atoms with E-state index < -0.39 is 16.6 Å². The highest BCUT2D eigenvalue weighted by Gasteiger charge is 2.48. The van der Waals surface area contributed by atoms with Gasteiger partial charge in [0.15, 0.2) is 0 Å². The highest BCUT2D eigenvalue weighted by molar-refractivity contribution is 14.1. The van der Waals surface area contributed by atoms with Crippen LogP contribution in [0.25, 0.3) is 22.1 Å². The van der Waals surface area contributed by atoms with Crippen molar-refractivity contribution in [2.45, 2.75) is 16.6 Å². The van der Waals surface area contributed by atoms with E-state index in [0.717, 1.165) is 82.8 Å². The largest absolute Gasteiger partial charge is 0.438 e. The Morgan fingerprint density at radius 1 is 0.422 bits per heavy atom. The third kappa shape index (κ3) is 11.6. The molecule has 0 saturated heterocycles. The average Bonchev–Trinajstić information content (AvgIpc) is 2.56. The summed E-state index contributed by atoms with van der Waals surface area (Å²) in [6, 6.07) is 31.1. The maximum atomic E-state index is 12.3. The summed E-state index contributed by atoms with van der Waals surface area (Å²) in [4.78, 5) is 43.8. The Balaban J connectivity index is 0.000000110. The number of ether oxygens (including phenoxy) is 6. The Morgan fingerprint density at radius 3 is 1.16 bits per heavy atom. The zero-order valence-corrected chi connectivity index (χ0v) is 57.4. The quantitative estimate of drug-likeness (QED) is 0.0943. The number of nitrogens with zero attached hydrogens (tertiary/aromatic N) is 7. The van der Waals surface area contributed by atoms with Crippen LogP contribution in [0.3, 0.4) is 0 Å². The molecule has 18 nitrogen and oxygen atoms in total. The van der Waals surface area contributed by atoms with Crippen molar-refractivity contribution in [1.29, 1.82) is 0 Å². The molecule has 0 fully saturated rings. The van der Waals surface area contributed by atoms with Crippen LogP contribution in [0, 0.1) is 14.3 Å². The van der Waals surface area contributed by atoms with Gasteiger partial charge in [-0.3, -0.25) is 19.8 Å². The van der Waals surface area contributed by atoms with E-state index in [1.165, 1.54) is 0 Å². The SMILES string of the molecule is NC1=NC2(COC1)c1cc(I)ccc1Oc1ncc(Br)cc12.NC1=N[C@@]2(COC1)c1cc(I)ccc1Oc1ncc(Br)cc12.NC1=N[C@]2(COC1)c1cc(I)ccc1Oc1ncc(Br)cc12.O=c1c2cc(I)ccc2oc2ncc(Br)cc12. The monoisotopic (exact) mass is 1810 g/mol. The minimum Gasteiger partial charge on any atom is -0.438 e. The Hall–Kier alpha value is -4.52. The first kappa shape index (κ1) is 58.8. The number of hydrogen-bond donors (Lipinski definition) is 3. The first-order valence-corrected chi connectivity index (χ1v) is 32.2. The van der Waals surface area contributed by atoms with Crippen molar-refractivity contribution in [3.05, 3.63) is 198 Å². The smallest absolute Gasteiger partial charge is 0.230 e. The van der Waals surface area contributed by atoms with Crippen LogP contribution in [-0.4, -0.2) is 77.1 Å². The standard InChI is InChI=1S/3C15H11BrIN3O2.C12H5BrINO2/c3*16-8-3-11-14(19-5-8)22-12-2-1-9(17)4-10(12)15(11)7-21-6-13(18)20-15;13-6-3-9-11(16)8-4-7(14)1-2-10(8)17-12(9)15-5-6/h3*1-5H,6-7H2,(H2,18,20);1-5H/t2*15-;;/m10../s1. The lowest BCUT2D eigenvalue weighted by Gasteiger charge is -2.38. The lowest BCUT2D eigenvalue weighted by Crippen LogP contribution is -2.42. The third-order valence-corrected chi connectivity index (χ3v) is 18.1. The van der Waals surface area contributed by atoms with Crippen LogP contribution >= 0.6 is 154 Å². The Labute approximate surface area is 560 Å². The van der Waals surface area contributed by atoms with Crippen LogP contribution in [0.2, 0.25) is 0 Å². The second-order valence-electron chi connectivity index (χ2n) is 19.2. The second kappa shape index (κ2) is 24.0. The summed E-state index contributed by atoms with van der Waals surface area (Å²) >= 11 is 22.7. The predicted octanol–water partition coefficient (Wildman–Crippen LogP) is 13.3. The van der Waals surface area contributed by atoms with Gasteiger partial charge in [-0.15, -0.1) is 0 Å². The fourth-order valence-corrected chi connectivity index (χ4v) is 13.5. The van der Waals surface area contributed by atoms with Crippen LogP contribution in [0.4, 0.5) is 0 Å². The second-order valence-corrected chi connectivity index (χ2v) is 27.8. The van der Waals surface area contributed by atoms with E-state index >= 15 is 0 Å². The molecule has 1 unspecified atom stereocenters. The maximum absolute atomic E-state index is 12.3. The van der Waals surface area contributed by atoms with E-state index in [1.807, 2.05) is 66.7 Å². The molecule has 26 heteroatoms. The number of nitrogens with two attached hydrogens (primary N) is 3. The summed E-state index contributed by atoms with van der Waals surface area (Å²) in [5.41, 5.74) is 22.2.